The number of fused-ring (bicyclic) bond motifs is 1. The maximum Gasteiger partial charge on any atom is 0.328 e. The van der Waals surface area contributed by atoms with Crippen LogP contribution in [0, 0.1) is 0 Å². The third-order valence-electron chi connectivity index (χ3n) is 8.31. The second-order valence-corrected chi connectivity index (χ2v) is 10.4. The summed E-state index contributed by atoms with van der Waals surface area (Å²) in [4.78, 5) is 33.5. The SMILES string of the molecule is COCCN1C(=O)N(C2Cc3ccccc3C2)C(=O)C12CCN(Cc1cccc(-c3ccco3)c1)CC2. The van der Waals surface area contributed by atoms with Gasteiger partial charge in [-0.2, -0.15) is 0 Å². The van der Waals surface area contributed by atoms with E-state index >= 15 is 0 Å². The van der Waals surface area contributed by atoms with E-state index in [1.165, 1.54) is 16.7 Å². The molecule has 37 heavy (non-hydrogen) atoms. The monoisotopic (exact) mass is 499 g/mol. The zero-order chi connectivity index (χ0) is 25.4. The summed E-state index contributed by atoms with van der Waals surface area (Å²) in [5.74, 6) is 0.836. The zero-order valence-electron chi connectivity index (χ0n) is 21.3. The summed E-state index contributed by atoms with van der Waals surface area (Å²) in [5.41, 5.74) is 3.97. The summed E-state index contributed by atoms with van der Waals surface area (Å²) in [7, 11) is 1.64. The van der Waals surface area contributed by atoms with Crippen molar-refractivity contribution in [2.24, 2.45) is 0 Å². The number of urea groups is 1. The van der Waals surface area contributed by atoms with E-state index in [0.29, 0.717) is 26.0 Å². The Bertz CT molecular complexity index is 1250. The van der Waals surface area contributed by atoms with E-state index < -0.39 is 5.54 Å². The number of benzene rings is 2. The number of carbonyl (C=O) groups excluding carboxylic acids is 2. The third-order valence-corrected chi connectivity index (χ3v) is 8.31. The number of furan rings is 1. The van der Waals surface area contributed by atoms with Crippen LogP contribution in [0.5, 0.6) is 0 Å². The lowest BCUT2D eigenvalue weighted by atomic mass is 9.85. The van der Waals surface area contributed by atoms with Gasteiger partial charge >= 0.3 is 6.03 Å². The minimum atomic E-state index is -0.781. The molecule has 192 valence electrons. The number of amides is 3. The summed E-state index contributed by atoms with van der Waals surface area (Å²) in [6, 6.07) is 20.3. The molecule has 0 radical (unpaired) electrons. The molecule has 0 unspecified atom stereocenters. The molecule has 7 nitrogen and oxygen atoms in total. The van der Waals surface area contributed by atoms with Gasteiger partial charge in [0.05, 0.1) is 12.9 Å². The fraction of sp³-hybridized carbons (Fsp3) is 0.400. The van der Waals surface area contributed by atoms with Crippen molar-refractivity contribution in [3.63, 3.8) is 0 Å². The molecule has 6 rings (SSSR count). The molecule has 3 heterocycles. The van der Waals surface area contributed by atoms with E-state index in [2.05, 4.69) is 41.3 Å². The molecular formula is C30H33N3O4. The van der Waals surface area contributed by atoms with Crippen LogP contribution in [0.4, 0.5) is 4.79 Å². The van der Waals surface area contributed by atoms with Gasteiger partial charge in [-0.25, -0.2) is 4.79 Å². The molecule has 2 aliphatic heterocycles. The Hall–Kier alpha value is -3.42. The van der Waals surface area contributed by atoms with Gasteiger partial charge in [-0.05, 0) is 60.6 Å². The summed E-state index contributed by atoms with van der Waals surface area (Å²) in [5, 5.41) is 0. The van der Waals surface area contributed by atoms with E-state index in [9.17, 15) is 9.59 Å². The van der Waals surface area contributed by atoms with Crippen LogP contribution in [-0.2, 0) is 28.9 Å². The Kier molecular flexibility index (Phi) is 6.34. The molecule has 3 aliphatic rings. The van der Waals surface area contributed by atoms with E-state index in [-0.39, 0.29) is 18.0 Å². The molecule has 0 atom stereocenters. The largest absolute Gasteiger partial charge is 0.464 e. The van der Waals surface area contributed by atoms with Crippen molar-refractivity contribution in [3.05, 3.63) is 83.6 Å². The highest BCUT2D eigenvalue weighted by atomic mass is 16.5. The lowest BCUT2D eigenvalue weighted by Crippen LogP contribution is -2.57. The third kappa shape index (κ3) is 4.26. The number of methoxy groups -OCH3 is 1. The standard InChI is InChI=1S/C30H33N3O4/c1-36-17-15-32-29(35)33(26-19-23-7-2-3-8-24(23)20-26)28(34)30(32)11-13-31(14-12-30)21-22-6-4-9-25(18-22)27-10-5-16-37-27/h2-10,16,18,26H,11-15,17,19-21H2,1H3. The molecule has 0 bridgehead atoms. The fourth-order valence-electron chi connectivity index (χ4n) is 6.36. The maximum absolute atomic E-state index is 14.0. The predicted octanol–water partition coefficient (Wildman–Crippen LogP) is 4.36. The Morgan fingerprint density at radius 2 is 1.73 bits per heavy atom. The Morgan fingerprint density at radius 3 is 2.41 bits per heavy atom. The predicted molar refractivity (Wildman–Crippen MR) is 140 cm³/mol. The topological polar surface area (TPSA) is 66.2 Å². The molecule has 1 aromatic heterocycles. The van der Waals surface area contributed by atoms with E-state index in [1.807, 2.05) is 29.2 Å². The van der Waals surface area contributed by atoms with Gasteiger partial charge in [0.15, 0.2) is 0 Å². The Labute approximate surface area is 217 Å². The molecule has 2 saturated heterocycles. The van der Waals surface area contributed by atoms with Gasteiger partial charge in [0.1, 0.15) is 11.3 Å². The van der Waals surface area contributed by atoms with Crippen LogP contribution in [-0.4, -0.2) is 71.6 Å². The second-order valence-electron chi connectivity index (χ2n) is 10.4. The number of hydrogen-bond acceptors (Lipinski definition) is 5. The zero-order valence-corrected chi connectivity index (χ0v) is 21.3. The number of piperidine rings is 1. The average molecular weight is 500 g/mol. The molecule has 3 amide bonds. The first kappa shape index (κ1) is 23.9. The molecule has 3 aromatic rings. The van der Waals surface area contributed by atoms with Crippen LogP contribution in [0.25, 0.3) is 11.3 Å². The second kappa shape index (κ2) is 9.80. The smallest absolute Gasteiger partial charge is 0.328 e. The molecule has 7 heteroatoms. The summed E-state index contributed by atoms with van der Waals surface area (Å²) < 4.78 is 10.9. The number of imide groups is 1. The van der Waals surface area contributed by atoms with Crippen molar-refractivity contribution in [2.45, 2.75) is 43.8 Å². The van der Waals surface area contributed by atoms with Crippen molar-refractivity contribution in [3.8, 4) is 11.3 Å². The summed E-state index contributed by atoms with van der Waals surface area (Å²) in [6.07, 6.45) is 4.43. The highest BCUT2D eigenvalue weighted by Gasteiger charge is 2.59. The van der Waals surface area contributed by atoms with Gasteiger partial charge in [-0.3, -0.25) is 14.6 Å². The highest BCUT2D eigenvalue weighted by molar-refractivity contribution is 6.07. The Balaban J connectivity index is 1.18. The number of ether oxygens (including phenoxy) is 1. The van der Waals surface area contributed by atoms with Crippen molar-refractivity contribution < 1.29 is 18.7 Å². The van der Waals surface area contributed by atoms with Gasteiger partial charge in [-0.1, -0.05) is 42.5 Å². The van der Waals surface area contributed by atoms with E-state index in [1.54, 1.807) is 18.3 Å². The quantitative estimate of drug-likeness (QED) is 0.452. The van der Waals surface area contributed by atoms with Crippen LogP contribution in [0.3, 0.4) is 0 Å². The minimum absolute atomic E-state index is 0.0223. The molecule has 1 spiro atoms. The molecule has 2 fully saturated rings. The molecule has 0 N–H and O–H groups in total. The number of carbonyl (C=O) groups is 2. The van der Waals surface area contributed by atoms with Crippen molar-refractivity contribution in [1.82, 2.24) is 14.7 Å². The van der Waals surface area contributed by atoms with Crippen LogP contribution in [0.2, 0.25) is 0 Å². The summed E-state index contributed by atoms with van der Waals surface area (Å²) >= 11 is 0. The first-order chi connectivity index (χ1) is 18.1. The average Bonchev–Trinajstić information content (AvgIpc) is 3.64. The van der Waals surface area contributed by atoms with Crippen LogP contribution < -0.4 is 0 Å². The number of nitrogens with zero attached hydrogens (tertiary/aromatic N) is 3. The maximum atomic E-state index is 14.0. The van der Waals surface area contributed by atoms with Gasteiger partial charge in [0.2, 0.25) is 0 Å². The molecule has 0 saturated carbocycles. The number of hydrogen-bond donors (Lipinski definition) is 0. The normalized spacial score (nSPS) is 19.8. The van der Waals surface area contributed by atoms with Gasteiger partial charge < -0.3 is 14.1 Å². The highest BCUT2D eigenvalue weighted by Crippen LogP contribution is 2.40. The van der Waals surface area contributed by atoms with Gasteiger partial charge in [0.25, 0.3) is 5.91 Å². The van der Waals surface area contributed by atoms with Crippen LogP contribution >= 0.6 is 0 Å². The molecular weight excluding hydrogens is 466 g/mol. The van der Waals surface area contributed by atoms with Crippen molar-refractivity contribution in [2.75, 3.05) is 33.4 Å². The van der Waals surface area contributed by atoms with E-state index in [4.69, 9.17) is 9.15 Å². The van der Waals surface area contributed by atoms with Crippen molar-refractivity contribution >= 4 is 11.9 Å². The lowest BCUT2D eigenvalue weighted by molar-refractivity contribution is -0.137. The summed E-state index contributed by atoms with van der Waals surface area (Å²) in [6.45, 7) is 3.16. The lowest BCUT2D eigenvalue weighted by Gasteiger charge is -2.42. The van der Waals surface area contributed by atoms with E-state index in [0.717, 1.165) is 43.8 Å². The van der Waals surface area contributed by atoms with Crippen LogP contribution in [0.1, 0.15) is 29.5 Å². The Morgan fingerprint density at radius 1 is 0.973 bits per heavy atom. The van der Waals surface area contributed by atoms with Crippen LogP contribution in [0.15, 0.2) is 71.3 Å². The number of likely N-dealkylation sites (tertiary alicyclic amines) is 1. The van der Waals surface area contributed by atoms with Gasteiger partial charge in [0, 0.05) is 44.9 Å². The molecule has 2 aromatic carbocycles. The van der Waals surface area contributed by atoms with Gasteiger partial charge in [-0.15, -0.1) is 0 Å². The first-order valence-corrected chi connectivity index (χ1v) is 13.2. The fourth-order valence-corrected chi connectivity index (χ4v) is 6.36. The van der Waals surface area contributed by atoms with Crippen molar-refractivity contribution in [1.29, 1.82) is 0 Å². The first-order valence-electron chi connectivity index (χ1n) is 13.2. The molecule has 1 aliphatic carbocycles. The minimum Gasteiger partial charge on any atom is -0.464 e. The number of rotatable bonds is 7.